The summed E-state index contributed by atoms with van der Waals surface area (Å²) in [6.07, 6.45) is 5.03. The van der Waals surface area contributed by atoms with Crippen molar-refractivity contribution in [3.8, 4) is 0 Å². The van der Waals surface area contributed by atoms with Crippen LogP contribution in [0.25, 0.3) is 0 Å². The Hall–Kier alpha value is -0.480. The van der Waals surface area contributed by atoms with Gasteiger partial charge in [-0.2, -0.15) is 0 Å². The maximum Gasteiger partial charge on any atom is 0.167 e. The second kappa shape index (κ2) is 6.90. The van der Waals surface area contributed by atoms with Crippen molar-refractivity contribution in [3.05, 3.63) is 12.4 Å². The molecule has 15 heavy (non-hydrogen) atoms. The first-order chi connectivity index (χ1) is 7.20. The molecule has 0 radical (unpaired) electrons. The number of imidazole rings is 1. The first-order valence-corrected chi connectivity index (χ1v) is 6.49. The SMILES string of the molecule is CC(C)CNCCCSc1nccn1C. The zero-order chi connectivity index (χ0) is 11.1. The van der Waals surface area contributed by atoms with E-state index in [-0.39, 0.29) is 0 Å². The zero-order valence-corrected chi connectivity index (χ0v) is 10.7. The summed E-state index contributed by atoms with van der Waals surface area (Å²) in [4.78, 5) is 4.27. The Balaban J connectivity index is 2.00. The highest BCUT2D eigenvalue weighted by molar-refractivity contribution is 7.99. The van der Waals surface area contributed by atoms with Crippen LogP contribution in [0.2, 0.25) is 0 Å². The molecule has 4 heteroatoms. The predicted octanol–water partition coefficient (Wildman–Crippen LogP) is 2.15. The van der Waals surface area contributed by atoms with Crippen molar-refractivity contribution in [1.29, 1.82) is 0 Å². The van der Waals surface area contributed by atoms with Gasteiger partial charge in [0, 0.05) is 25.2 Å². The Bertz CT molecular complexity index is 271. The Morgan fingerprint density at radius 3 is 2.93 bits per heavy atom. The summed E-state index contributed by atoms with van der Waals surface area (Å²) in [6.45, 7) is 6.69. The maximum atomic E-state index is 4.27. The minimum absolute atomic E-state index is 0.743. The molecule has 0 bridgehead atoms. The molecule has 86 valence electrons. The van der Waals surface area contributed by atoms with Crippen molar-refractivity contribution < 1.29 is 0 Å². The Morgan fingerprint density at radius 2 is 2.33 bits per heavy atom. The van der Waals surface area contributed by atoms with Gasteiger partial charge in [-0.05, 0) is 25.4 Å². The highest BCUT2D eigenvalue weighted by Crippen LogP contribution is 2.14. The minimum atomic E-state index is 0.743. The van der Waals surface area contributed by atoms with Crippen molar-refractivity contribution >= 4 is 11.8 Å². The number of aryl methyl sites for hydroxylation is 1. The third-order valence-electron chi connectivity index (χ3n) is 2.06. The van der Waals surface area contributed by atoms with Crippen LogP contribution in [-0.2, 0) is 7.05 Å². The molecule has 3 nitrogen and oxygen atoms in total. The van der Waals surface area contributed by atoms with Gasteiger partial charge in [-0.15, -0.1) is 0 Å². The van der Waals surface area contributed by atoms with Gasteiger partial charge in [-0.3, -0.25) is 0 Å². The van der Waals surface area contributed by atoms with E-state index in [4.69, 9.17) is 0 Å². The van der Waals surface area contributed by atoms with E-state index in [9.17, 15) is 0 Å². The number of hydrogen-bond donors (Lipinski definition) is 1. The summed E-state index contributed by atoms with van der Waals surface area (Å²) in [5, 5.41) is 4.55. The lowest BCUT2D eigenvalue weighted by Gasteiger charge is -2.06. The maximum absolute atomic E-state index is 4.27. The summed E-state index contributed by atoms with van der Waals surface area (Å²) in [6, 6.07) is 0. The standard InChI is InChI=1S/C11H21N3S/c1-10(2)9-12-5-4-8-15-11-13-6-7-14(11)3/h6-7,10,12H,4-5,8-9H2,1-3H3. The number of hydrogen-bond acceptors (Lipinski definition) is 3. The summed E-state index contributed by atoms with van der Waals surface area (Å²) < 4.78 is 2.06. The molecule has 0 aromatic carbocycles. The van der Waals surface area contributed by atoms with Crippen LogP contribution in [0.3, 0.4) is 0 Å². The van der Waals surface area contributed by atoms with Crippen molar-refractivity contribution in [3.63, 3.8) is 0 Å². The van der Waals surface area contributed by atoms with Crippen molar-refractivity contribution in [2.45, 2.75) is 25.4 Å². The van der Waals surface area contributed by atoms with E-state index < -0.39 is 0 Å². The first-order valence-electron chi connectivity index (χ1n) is 5.51. The third-order valence-corrected chi connectivity index (χ3v) is 3.20. The fraction of sp³-hybridized carbons (Fsp3) is 0.727. The Labute approximate surface area is 96.7 Å². The summed E-state index contributed by atoms with van der Waals surface area (Å²) in [7, 11) is 2.03. The van der Waals surface area contributed by atoms with Crippen LogP contribution >= 0.6 is 11.8 Å². The van der Waals surface area contributed by atoms with E-state index in [2.05, 4.69) is 28.7 Å². The lowest BCUT2D eigenvalue weighted by atomic mass is 10.2. The molecule has 0 saturated heterocycles. The number of nitrogens with one attached hydrogen (secondary N) is 1. The van der Waals surface area contributed by atoms with Gasteiger partial charge < -0.3 is 9.88 Å². The van der Waals surface area contributed by atoms with E-state index in [1.54, 1.807) is 0 Å². The summed E-state index contributed by atoms with van der Waals surface area (Å²) in [5.41, 5.74) is 0. The lowest BCUT2D eigenvalue weighted by Crippen LogP contribution is -2.21. The molecule has 0 aliphatic heterocycles. The molecule has 1 heterocycles. The minimum Gasteiger partial charge on any atom is -0.329 e. The molecule has 1 rings (SSSR count). The Kier molecular flexibility index (Phi) is 5.79. The van der Waals surface area contributed by atoms with E-state index in [1.165, 1.54) is 6.42 Å². The molecule has 0 unspecified atom stereocenters. The first kappa shape index (κ1) is 12.6. The highest BCUT2D eigenvalue weighted by atomic mass is 32.2. The van der Waals surface area contributed by atoms with Crippen LogP contribution < -0.4 is 5.32 Å². The van der Waals surface area contributed by atoms with E-state index in [0.717, 1.165) is 29.9 Å². The van der Waals surface area contributed by atoms with Crippen LogP contribution in [0.15, 0.2) is 17.6 Å². The number of nitrogens with zero attached hydrogens (tertiary/aromatic N) is 2. The van der Waals surface area contributed by atoms with Gasteiger partial charge >= 0.3 is 0 Å². The third kappa shape index (κ3) is 5.23. The number of rotatable bonds is 7. The molecule has 0 spiro atoms. The molecule has 1 aromatic heterocycles. The molecule has 0 fully saturated rings. The molecule has 0 saturated carbocycles. The van der Waals surface area contributed by atoms with Crippen LogP contribution in [0, 0.1) is 5.92 Å². The van der Waals surface area contributed by atoms with E-state index >= 15 is 0 Å². The average molecular weight is 227 g/mol. The highest BCUT2D eigenvalue weighted by Gasteiger charge is 1.99. The smallest absolute Gasteiger partial charge is 0.167 e. The molecule has 1 N–H and O–H groups in total. The summed E-state index contributed by atoms with van der Waals surface area (Å²) in [5.74, 6) is 1.88. The molecular formula is C11H21N3S. The molecule has 0 amide bonds. The monoisotopic (exact) mass is 227 g/mol. The fourth-order valence-corrected chi connectivity index (χ4v) is 2.11. The second-order valence-electron chi connectivity index (χ2n) is 4.12. The van der Waals surface area contributed by atoms with Crippen LogP contribution in [0.5, 0.6) is 0 Å². The van der Waals surface area contributed by atoms with Crippen molar-refractivity contribution in [1.82, 2.24) is 14.9 Å². The molecule has 0 aliphatic carbocycles. The molecule has 0 atom stereocenters. The quantitative estimate of drug-likeness (QED) is 0.572. The van der Waals surface area contributed by atoms with Gasteiger partial charge in [0.05, 0.1) is 0 Å². The van der Waals surface area contributed by atoms with E-state index in [0.29, 0.717) is 0 Å². The van der Waals surface area contributed by atoms with Gasteiger partial charge in [0.15, 0.2) is 5.16 Å². The number of thioether (sulfide) groups is 1. The largest absolute Gasteiger partial charge is 0.329 e. The number of aromatic nitrogens is 2. The molecule has 0 aliphatic rings. The van der Waals surface area contributed by atoms with Crippen molar-refractivity contribution in [2.75, 3.05) is 18.8 Å². The zero-order valence-electron chi connectivity index (χ0n) is 9.86. The van der Waals surface area contributed by atoms with Gasteiger partial charge in [-0.25, -0.2) is 4.98 Å². The fourth-order valence-electron chi connectivity index (χ4n) is 1.24. The lowest BCUT2D eigenvalue weighted by molar-refractivity contribution is 0.551. The van der Waals surface area contributed by atoms with E-state index in [1.807, 2.05) is 31.2 Å². The van der Waals surface area contributed by atoms with Crippen LogP contribution in [0.4, 0.5) is 0 Å². The average Bonchev–Trinajstić information content (AvgIpc) is 2.57. The van der Waals surface area contributed by atoms with Crippen LogP contribution in [-0.4, -0.2) is 28.4 Å². The van der Waals surface area contributed by atoms with Gasteiger partial charge in [0.25, 0.3) is 0 Å². The topological polar surface area (TPSA) is 29.9 Å². The van der Waals surface area contributed by atoms with Crippen molar-refractivity contribution in [2.24, 2.45) is 13.0 Å². The molecular weight excluding hydrogens is 206 g/mol. The van der Waals surface area contributed by atoms with Gasteiger partial charge in [-0.1, -0.05) is 25.6 Å². The van der Waals surface area contributed by atoms with Gasteiger partial charge in [0.2, 0.25) is 0 Å². The Morgan fingerprint density at radius 1 is 1.53 bits per heavy atom. The normalized spacial score (nSPS) is 11.2. The molecule has 1 aromatic rings. The van der Waals surface area contributed by atoms with Gasteiger partial charge in [0.1, 0.15) is 0 Å². The summed E-state index contributed by atoms with van der Waals surface area (Å²) >= 11 is 1.82. The van der Waals surface area contributed by atoms with Crippen LogP contribution in [0.1, 0.15) is 20.3 Å². The second-order valence-corrected chi connectivity index (χ2v) is 5.18. The predicted molar refractivity (Wildman–Crippen MR) is 66.3 cm³/mol.